The number of hydrogen-bond donors (Lipinski definition) is 2. The van der Waals surface area contributed by atoms with E-state index in [0.717, 1.165) is 0 Å². The van der Waals surface area contributed by atoms with E-state index in [2.05, 4.69) is 20.8 Å². The van der Waals surface area contributed by atoms with Crippen LogP contribution in [0.3, 0.4) is 0 Å². The minimum absolute atomic E-state index is 0.246. The topological polar surface area (TPSA) is 119 Å². The zero-order chi connectivity index (χ0) is 13.9. The third-order valence-corrected chi connectivity index (χ3v) is 3.26. The second-order valence-electron chi connectivity index (χ2n) is 4.45. The zero-order valence-electron chi connectivity index (χ0n) is 10.4. The van der Waals surface area contributed by atoms with E-state index in [-0.39, 0.29) is 12.8 Å². The van der Waals surface area contributed by atoms with Gasteiger partial charge in [0, 0.05) is 26.1 Å². The number of aliphatic carboxylic acids is 1. The van der Waals surface area contributed by atoms with E-state index in [1.54, 1.807) is 6.92 Å². The highest BCUT2D eigenvalue weighted by Crippen LogP contribution is 2.22. The molecule has 1 amide bonds. The predicted octanol–water partition coefficient (Wildman–Crippen LogP) is -1.02. The number of hydrogen-bond acceptors (Lipinski definition) is 6. The molecule has 0 saturated carbocycles. The molecular weight excluding hydrogens is 254 g/mol. The Balaban J connectivity index is 2.09. The summed E-state index contributed by atoms with van der Waals surface area (Å²) in [6.45, 7) is 2.22. The molecule has 2 rings (SSSR count). The lowest BCUT2D eigenvalue weighted by Crippen LogP contribution is -2.58. The van der Waals surface area contributed by atoms with Gasteiger partial charge in [-0.05, 0) is 17.4 Å². The average Bonchev–Trinajstić information content (AvgIpc) is 2.92. The van der Waals surface area contributed by atoms with E-state index >= 15 is 0 Å². The molecule has 0 radical (unpaired) electrons. The number of nitrogens with one attached hydrogen (secondary N) is 1. The Morgan fingerprint density at radius 1 is 1.47 bits per heavy atom. The van der Waals surface area contributed by atoms with Crippen molar-refractivity contribution in [3.05, 3.63) is 6.33 Å². The number of ether oxygens (including phenoxy) is 1. The molecule has 19 heavy (non-hydrogen) atoms. The lowest BCUT2D eigenvalue weighted by molar-refractivity contribution is -0.152. The van der Waals surface area contributed by atoms with Crippen molar-refractivity contribution in [2.75, 3.05) is 13.2 Å². The van der Waals surface area contributed by atoms with Gasteiger partial charge in [0.15, 0.2) is 0 Å². The molecule has 2 N–H and O–H groups in total. The quantitative estimate of drug-likeness (QED) is 0.718. The Morgan fingerprint density at radius 3 is 2.68 bits per heavy atom. The molecule has 0 unspecified atom stereocenters. The van der Waals surface area contributed by atoms with Gasteiger partial charge in [0.05, 0.1) is 0 Å². The Labute approximate surface area is 108 Å². The molecule has 0 aliphatic carbocycles. The van der Waals surface area contributed by atoms with Crippen LogP contribution in [-0.4, -0.2) is 55.9 Å². The van der Waals surface area contributed by atoms with Gasteiger partial charge in [0.1, 0.15) is 17.9 Å². The minimum Gasteiger partial charge on any atom is -0.480 e. The molecule has 9 heteroatoms. The van der Waals surface area contributed by atoms with Gasteiger partial charge in [-0.3, -0.25) is 4.79 Å². The number of carboxylic acids is 1. The number of aromatic nitrogens is 4. The first-order valence-electron chi connectivity index (χ1n) is 5.91. The van der Waals surface area contributed by atoms with Crippen LogP contribution in [0, 0.1) is 0 Å². The van der Waals surface area contributed by atoms with E-state index < -0.39 is 23.5 Å². The number of carbonyl (C=O) groups excluding carboxylic acids is 1. The van der Waals surface area contributed by atoms with Crippen molar-refractivity contribution in [2.45, 2.75) is 31.3 Å². The molecule has 0 spiro atoms. The van der Waals surface area contributed by atoms with Crippen LogP contribution < -0.4 is 5.32 Å². The SMILES string of the molecule is C[C@@H](C(=O)NC1(C(=O)O)CCOCC1)n1cnnn1. The number of rotatable bonds is 4. The highest BCUT2D eigenvalue weighted by Gasteiger charge is 2.42. The van der Waals surface area contributed by atoms with E-state index in [1.807, 2.05) is 0 Å². The minimum atomic E-state index is -1.27. The van der Waals surface area contributed by atoms with Gasteiger partial charge in [0.2, 0.25) is 5.91 Å². The lowest BCUT2D eigenvalue weighted by Gasteiger charge is -2.34. The maximum Gasteiger partial charge on any atom is 0.329 e. The number of amides is 1. The summed E-state index contributed by atoms with van der Waals surface area (Å²) in [5, 5.41) is 22.4. The Morgan fingerprint density at radius 2 is 2.16 bits per heavy atom. The Kier molecular flexibility index (Phi) is 3.74. The van der Waals surface area contributed by atoms with Crippen molar-refractivity contribution >= 4 is 11.9 Å². The molecule has 1 saturated heterocycles. The van der Waals surface area contributed by atoms with Gasteiger partial charge < -0.3 is 15.2 Å². The van der Waals surface area contributed by atoms with Crippen molar-refractivity contribution in [2.24, 2.45) is 0 Å². The number of carbonyl (C=O) groups is 2. The van der Waals surface area contributed by atoms with Crippen molar-refractivity contribution in [1.29, 1.82) is 0 Å². The normalized spacial score (nSPS) is 19.6. The first kappa shape index (κ1) is 13.4. The van der Waals surface area contributed by atoms with Crippen LogP contribution in [0.5, 0.6) is 0 Å². The van der Waals surface area contributed by atoms with E-state index in [4.69, 9.17) is 4.74 Å². The van der Waals surface area contributed by atoms with Crippen LogP contribution in [0.15, 0.2) is 6.33 Å². The van der Waals surface area contributed by atoms with Gasteiger partial charge in [0.25, 0.3) is 0 Å². The van der Waals surface area contributed by atoms with Crippen LogP contribution in [0.25, 0.3) is 0 Å². The van der Waals surface area contributed by atoms with Crippen molar-refractivity contribution in [3.63, 3.8) is 0 Å². The molecule has 2 heterocycles. The van der Waals surface area contributed by atoms with E-state index in [9.17, 15) is 14.7 Å². The summed E-state index contributed by atoms with van der Waals surface area (Å²) in [6, 6.07) is -0.672. The van der Waals surface area contributed by atoms with E-state index in [0.29, 0.717) is 13.2 Å². The molecule has 9 nitrogen and oxygen atoms in total. The first-order valence-corrected chi connectivity index (χ1v) is 5.91. The highest BCUT2D eigenvalue weighted by molar-refractivity contribution is 5.88. The van der Waals surface area contributed by atoms with Crippen LogP contribution in [0.4, 0.5) is 0 Å². The summed E-state index contributed by atoms with van der Waals surface area (Å²) in [5.74, 6) is -1.48. The molecule has 1 aromatic heterocycles. The largest absolute Gasteiger partial charge is 0.480 e. The fraction of sp³-hybridized carbons (Fsp3) is 0.700. The van der Waals surface area contributed by atoms with Gasteiger partial charge in [-0.1, -0.05) is 0 Å². The fourth-order valence-electron chi connectivity index (χ4n) is 1.92. The molecule has 104 valence electrons. The van der Waals surface area contributed by atoms with Crippen molar-refractivity contribution in [1.82, 2.24) is 25.5 Å². The van der Waals surface area contributed by atoms with Gasteiger partial charge in [-0.2, -0.15) is 0 Å². The van der Waals surface area contributed by atoms with E-state index in [1.165, 1.54) is 11.0 Å². The van der Waals surface area contributed by atoms with Crippen LogP contribution >= 0.6 is 0 Å². The second kappa shape index (κ2) is 5.31. The predicted molar refractivity (Wildman–Crippen MR) is 61.1 cm³/mol. The van der Waals surface area contributed by atoms with Crippen LogP contribution in [0.2, 0.25) is 0 Å². The maximum atomic E-state index is 12.1. The molecule has 1 aliphatic heterocycles. The summed E-state index contributed by atoms with van der Waals surface area (Å²) in [6.07, 6.45) is 1.80. The van der Waals surface area contributed by atoms with Gasteiger partial charge >= 0.3 is 5.97 Å². The molecule has 1 aromatic rings. The molecule has 1 fully saturated rings. The van der Waals surface area contributed by atoms with Crippen LogP contribution in [-0.2, 0) is 14.3 Å². The first-order chi connectivity index (χ1) is 9.05. The fourth-order valence-corrected chi connectivity index (χ4v) is 1.92. The third-order valence-electron chi connectivity index (χ3n) is 3.26. The molecular formula is C10H15N5O4. The van der Waals surface area contributed by atoms with Gasteiger partial charge in [-0.25, -0.2) is 9.48 Å². The summed E-state index contributed by atoms with van der Waals surface area (Å²) in [5.41, 5.74) is -1.27. The lowest BCUT2D eigenvalue weighted by atomic mass is 9.90. The summed E-state index contributed by atoms with van der Waals surface area (Å²) >= 11 is 0. The average molecular weight is 269 g/mol. The third kappa shape index (κ3) is 2.70. The Hall–Kier alpha value is -2.03. The number of carboxylic acid groups (broad SMARTS) is 1. The zero-order valence-corrected chi connectivity index (χ0v) is 10.4. The molecule has 1 atom stereocenters. The highest BCUT2D eigenvalue weighted by atomic mass is 16.5. The summed E-state index contributed by atoms with van der Waals surface area (Å²) < 4.78 is 6.41. The van der Waals surface area contributed by atoms with Crippen molar-refractivity contribution in [3.8, 4) is 0 Å². The molecule has 0 aromatic carbocycles. The number of tetrazole rings is 1. The molecule has 0 bridgehead atoms. The Bertz CT molecular complexity index is 454. The summed E-state index contributed by atoms with van der Waals surface area (Å²) in [7, 11) is 0. The maximum absolute atomic E-state index is 12.1. The standard InChI is InChI=1S/C10H15N5O4/c1-7(15-6-11-13-14-15)8(16)12-10(9(17)18)2-4-19-5-3-10/h6-7H,2-5H2,1H3,(H,12,16)(H,17,18)/t7-/m0/s1. The van der Waals surface area contributed by atoms with Crippen LogP contribution in [0.1, 0.15) is 25.8 Å². The molecule has 1 aliphatic rings. The second-order valence-corrected chi connectivity index (χ2v) is 4.45. The monoisotopic (exact) mass is 269 g/mol. The smallest absolute Gasteiger partial charge is 0.329 e. The van der Waals surface area contributed by atoms with Crippen molar-refractivity contribution < 1.29 is 19.4 Å². The number of nitrogens with zero attached hydrogens (tertiary/aromatic N) is 4. The summed E-state index contributed by atoms with van der Waals surface area (Å²) in [4.78, 5) is 23.5. The van der Waals surface area contributed by atoms with Gasteiger partial charge in [-0.15, -0.1) is 5.10 Å².